The minimum absolute atomic E-state index is 0.0167. The summed E-state index contributed by atoms with van der Waals surface area (Å²) in [5.74, 6) is 0.349. The van der Waals surface area contributed by atoms with Crippen LogP contribution in [0.2, 0.25) is 5.02 Å². The first kappa shape index (κ1) is 21.0. The Kier molecular flexibility index (Phi) is 7.78. The van der Waals surface area contributed by atoms with Crippen molar-refractivity contribution in [1.82, 2.24) is 4.72 Å². The molecule has 0 bridgehead atoms. The number of nitrogens with zero attached hydrogens (tertiary/aromatic N) is 1. The third-order valence-electron chi connectivity index (χ3n) is 3.21. The summed E-state index contributed by atoms with van der Waals surface area (Å²) in [5, 5.41) is 0.350. The third-order valence-corrected chi connectivity index (χ3v) is 6.10. The number of hydrogen-bond donors (Lipinski definition) is 1. The van der Waals surface area contributed by atoms with Gasteiger partial charge in [0.1, 0.15) is 5.75 Å². The van der Waals surface area contributed by atoms with E-state index in [-0.39, 0.29) is 24.5 Å². The van der Waals surface area contributed by atoms with Crippen molar-refractivity contribution in [1.29, 1.82) is 0 Å². The minimum atomic E-state index is -3.64. The van der Waals surface area contributed by atoms with Gasteiger partial charge in [0.2, 0.25) is 20.0 Å². The van der Waals surface area contributed by atoms with E-state index in [1.807, 2.05) is 6.92 Å². The van der Waals surface area contributed by atoms with Crippen LogP contribution in [0.4, 0.5) is 5.69 Å². The second-order valence-electron chi connectivity index (χ2n) is 5.22. The van der Waals surface area contributed by atoms with Gasteiger partial charge in [0.05, 0.1) is 24.8 Å². The fourth-order valence-corrected chi connectivity index (χ4v) is 4.34. The lowest BCUT2D eigenvalue weighted by molar-refractivity contribution is 0.415. The van der Waals surface area contributed by atoms with Crippen molar-refractivity contribution in [3.63, 3.8) is 0 Å². The zero-order chi connectivity index (χ0) is 18.4. The molecule has 1 aromatic rings. The summed E-state index contributed by atoms with van der Waals surface area (Å²) >= 11 is 5.94. The van der Waals surface area contributed by atoms with E-state index in [1.165, 1.54) is 13.2 Å². The molecular weight excluding hydrogens is 376 g/mol. The predicted molar refractivity (Wildman–Crippen MR) is 96.9 cm³/mol. The average molecular weight is 399 g/mol. The number of anilines is 1. The molecule has 1 N–H and O–H groups in total. The van der Waals surface area contributed by atoms with Crippen LogP contribution in [0.3, 0.4) is 0 Å². The first-order valence-corrected chi connectivity index (χ1v) is 11.3. The van der Waals surface area contributed by atoms with Gasteiger partial charge in [-0.3, -0.25) is 4.31 Å². The Bertz CT molecular complexity index is 750. The Balaban J connectivity index is 2.96. The summed E-state index contributed by atoms with van der Waals surface area (Å²) in [6.07, 6.45) is 2.35. The van der Waals surface area contributed by atoms with Crippen molar-refractivity contribution >= 4 is 37.3 Å². The summed E-state index contributed by atoms with van der Waals surface area (Å²) in [5.41, 5.74) is 0.264. The second-order valence-corrected chi connectivity index (χ2v) is 9.49. The van der Waals surface area contributed by atoms with Crippen LogP contribution in [-0.2, 0) is 20.0 Å². The lowest BCUT2D eigenvalue weighted by atomic mass is 10.3. The molecule has 0 unspecified atom stereocenters. The molecule has 0 atom stereocenters. The van der Waals surface area contributed by atoms with Gasteiger partial charge in [-0.25, -0.2) is 21.6 Å². The molecule has 0 aliphatic rings. The summed E-state index contributed by atoms with van der Waals surface area (Å²) < 4.78 is 56.5. The predicted octanol–water partition coefficient (Wildman–Crippen LogP) is 1.83. The van der Waals surface area contributed by atoms with E-state index in [4.69, 9.17) is 16.3 Å². The highest BCUT2D eigenvalue weighted by molar-refractivity contribution is 7.92. The summed E-state index contributed by atoms with van der Waals surface area (Å²) in [6.45, 7) is 1.78. The molecule has 0 saturated heterocycles. The van der Waals surface area contributed by atoms with E-state index in [0.29, 0.717) is 17.2 Å². The molecule has 0 amide bonds. The summed E-state index contributed by atoms with van der Waals surface area (Å²) in [7, 11) is -5.64. The van der Waals surface area contributed by atoms with E-state index in [1.54, 1.807) is 12.1 Å². The first-order valence-electron chi connectivity index (χ1n) is 7.39. The number of benzene rings is 1. The first-order chi connectivity index (χ1) is 11.1. The number of hydrogen-bond acceptors (Lipinski definition) is 5. The minimum Gasteiger partial charge on any atom is -0.495 e. The largest absolute Gasteiger partial charge is 0.495 e. The maximum Gasteiger partial charge on any atom is 0.232 e. The third kappa shape index (κ3) is 6.46. The molecule has 7 nitrogen and oxygen atoms in total. The van der Waals surface area contributed by atoms with Gasteiger partial charge in [-0.2, -0.15) is 0 Å². The lowest BCUT2D eigenvalue weighted by Gasteiger charge is -2.24. The monoisotopic (exact) mass is 398 g/mol. The van der Waals surface area contributed by atoms with Crippen LogP contribution in [0.25, 0.3) is 0 Å². The van der Waals surface area contributed by atoms with Gasteiger partial charge < -0.3 is 4.74 Å². The van der Waals surface area contributed by atoms with Crippen LogP contribution in [-0.4, -0.2) is 49.0 Å². The molecule has 10 heteroatoms. The van der Waals surface area contributed by atoms with Crippen molar-refractivity contribution in [2.45, 2.75) is 19.8 Å². The molecule has 24 heavy (non-hydrogen) atoms. The van der Waals surface area contributed by atoms with Gasteiger partial charge >= 0.3 is 0 Å². The van der Waals surface area contributed by atoms with Crippen LogP contribution in [0, 0.1) is 0 Å². The fraction of sp³-hybridized carbons (Fsp3) is 0.571. The highest BCUT2D eigenvalue weighted by Gasteiger charge is 2.22. The van der Waals surface area contributed by atoms with Crippen molar-refractivity contribution in [2.75, 3.05) is 36.5 Å². The summed E-state index contributed by atoms with van der Waals surface area (Å²) in [4.78, 5) is 0. The van der Waals surface area contributed by atoms with Gasteiger partial charge in [0.25, 0.3) is 0 Å². The van der Waals surface area contributed by atoms with Crippen LogP contribution >= 0.6 is 11.6 Å². The Hall–Kier alpha value is -1.03. The molecule has 138 valence electrons. The molecule has 0 radical (unpaired) electrons. The second kappa shape index (κ2) is 8.89. The zero-order valence-electron chi connectivity index (χ0n) is 14.0. The van der Waals surface area contributed by atoms with Crippen molar-refractivity contribution in [3.8, 4) is 5.75 Å². The standard InChI is InChI=1S/C14H23ClN2O5S2/c1-4-5-10-24(20,21)16-8-9-17(23(3,18)19)13-11-12(15)6-7-14(13)22-2/h6-7,11,16H,4-5,8-10H2,1-3H3. The van der Waals surface area contributed by atoms with Gasteiger partial charge in [0, 0.05) is 18.1 Å². The van der Waals surface area contributed by atoms with Crippen LogP contribution in [0.5, 0.6) is 5.75 Å². The Labute approximate surface area is 149 Å². The summed E-state index contributed by atoms with van der Waals surface area (Å²) in [6, 6.07) is 4.60. The van der Waals surface area contributed by atoms with Gasteiger partial charge in [-0.05, 0) is 24.6 Å². The Morgan fingerprint density at radius 1 is 1.25 bits per heavy atom. The number of methoxy groups -OCH3 is 1. The number of sulfonamides is 2. The molecule has 0 heterocycles. The zero-order valence-corrected chi connectivity index (χ0v) is 16.3. The van der Waals surface area contributed by atoms with Gasteiger partial charge in [0.15, 0.2) is 0 Å². The number of halogens is 1. The molecule has 0 aliphatic heterocycles. The molecular formula is C14H23ClN2O5S2. The molecule has 0 aliphatic carbocycles. The molecule has 1 aromatic carbocycles. The van der Waals surface area contributed by atoms with E-state index in [9.17, 15) is 16.8 Å². The number of unbranched alkanes of at least 4 members (excludes halogenated alkanes) is 1. The highest BCUT2D eigenvalue weighted by Crippen LogP contribution is 2.32. The SMILES string of the molecule is CCCCS(=O)(=O)NCCN(c1cc(Cl)ccc1OC)S(C)(=O)=O. The van der Waals surface area contributed by atoms with Crippen molar-refractivity contribution < 1.29 is 21.6 Å². The quantitative estimate of drug-likeness (QED) is 0.649. The average Bonchev–Trinajstić information content (AvgIpc) is 2.48. The fourth-order valence-electron chi connectivity index (χ4n) is 2.03. The highest BCUT2D eigenvalue weighted by atomic mass is 35.5. The molecule has 1 rings (SSSR count). The van der Waals surface area contributed by atoms with Crippen LogP contribution in [0.1, 0.15) is 19.8 Å². The number of nitrogens with one attached hydrogen (secondary N) is 1. The van der Waals surface area contributed by atoms with E-state index < -0.39 is 20.0 Å². The van der Waals surface area contributed by atoms with Crippen LogP contribution in [0.15, 0.2) is 18.2 Å². The maximum absolute atomic E-state index is 12.1. The molecule has 0 aromatic heterocycles. The normalized spacial score (nSPS) is 12.2. The smallest absolute Gasteiger partial charge is 0.232 e. The van der Waals surface area contributed by atoms with Crippen LogP contribution < -0.4 is 13.8 Å². The van der Waals surface area contributed by atoms with E-state index in [2.05, 4.69) is 4.72 Å². The van der Waals surface area contributed by atoms with Gasteiger partial charge in [-0.1, -0.05) is 24.9 Å². The molecule has 0 spiro atoms. The molecule has 0 fully saturated rings. The lowest BCUT2D eigenvalue weighted by Crippen LogP contribution is -2.39. The topological polar surface area (TPSA) is 92.8 Å². The maximum atomic E-state index is 12.1. The van der Waals surface area contributed by atoms with E-state index in [0.717, 1.165) is 17.0 Å². The van der Waals surface area contributed by atoms with Crippen molar-refractivity contribution in [3.05, 3.63) is 23.2 Å². The van der Waals surface area contributed by atoms with Gasteiger partial charge in [-0.15, -0.1) is 0 Å². The Morgan fingerprint density at radius 2 is 1.92 bits per heavy atom. The van der Waals surface area contributed by atoms with Crippen molar-refractivity contribution in [2.24, 2.45) is 0 Å². The Morgan fingerprint density at radius 3 is 2.46 bits per heavy atom. The van der Waals surface area contributed by atoms with E-state index >= 15 is 0 Å². The number of ether oxygens (including phenoxy) is 1. The molecule has 0 saturated carbocycles. The number of rotatable bonds is 10.